The molecule has 0 bridgehead atoms. The van der Waals surface area contributed by atoms with Crippen LogP contribution >= 0.6 is 15.9 Å². The van der Waals surface area contributed by atoms with Crippen molar-refractivity contribution >= 4 is 38.0 Å². The molecular formula is C11H12BrNOS. The molecule has 0 amide bonds. The maximum absolute atomic E-state index is 11.6. The summed E-state index contributed by atoms with van der Waals surface area (Å²) in [5.74, 6) is 0. The largest absolute Gasteiger partial charge is 0.612 e. The molecule has 15 heavy (non-hydrogen) atoms. The third kappa shape index (κ3) is 1.82. The highest BCUT2D eigenvalue weighted by Crippen LogP contribution is 2.29. The average Bonchev–Trinajstić information content (AvgIpc) is 2.52. The zero-order valence-corrected chi connectivity index (χ0v) is 11.1. The van der Waals surface area contributed by atoms with Crippen molar-refractivity contribution in [2.24, 2.45) is 0 Å². The summed E-state index contributed by atoms with van der Waals surface area (Å²) in [6.07, 6.45) is 1.71. The first-order valence-corrected chi connectivity index (χ1v) is 7.11. The number of hydrogen-bond donors (Lipinski definition) is 0. The SMILES string of the molecule is CCn1c(Br)cc2c([S+](C)[O-])cccc21. The molecule has 0 saturated heterocycles. The van der Waals surface area contributed by atoms with Gasteiger partial charge in [-0.25, -0.2) is 0 Å². The molecule has 2 rings (SSSR count). The van der Waals surface area contributed by atoms with Crippen molar-refractivity contribution < 1.29 is 4.55 Å². The number of aromatic nitrogens is 1. The van der Waals surface area contributed by atoms with E-state index >= 15 is 0 Å². The van der Waals surface area contributed by atoms with Crippen LogP contribution in [0.25, 0.3) is 10.9 Å². The van der Waals surface area contributed by atoms with Gasteiger partial charge in [0.05, 0.1) is 15.5 Å². The number of halogens is 1. The van der Waals surface area contributed by atoms with E-state index in [4.69, 9.17) is 0 Å². The van der Waals surface area contributed by atoms with Gasteiger partial charge in [0.25, 0.3) is 0 Å². The van der Waals surface area contributed by atoms with Gasteiger partial charge in [-0.2, -0.15) is 0 Å². The molecule has 0 aliphatic rings. The van der Waals surface area contributed by atoms with Crippen molar-refractivity contribution in [1.29, 1.82) is 0 Å². The summed E-state index contributed by atoms with van der Waals surface area (Å²) in [5, 5.41) is 1.08. The van der Waals surface area contributed by atoms with Crippen LogP contribution in [-0.2, 0) is 17.7 Å². The number of benzene rings is 1. The van der Waals surface area contributed by atoms with Crippen LogP contribution in [-0.4, -0.2) is 15.4 Å². The first-order valence-electron chi connectivity index (χ1n) is 4.76. The molecule has 80 valence electrons. The van der Waals surface area contributed by atoms with Gasteiger partial charge in [0, 0.05) is 6.54 Å². The van der Waals surface area contributed by atoms with Gasteiger partial charge < -0.3 is 9.12 Å². The summed E-state index contributed by atoms with van der Waals surface area (Å²) >= 11 is 2.58. The first-order chi connectivity index (χ1) is 7.15. The lowest BCUT2D eigenvalue weighted by atomic mass is 10.2. The maximum atomic E-state index is 11.6. The van der Waals surface area contributed by atoms with E-state index in [9.17, 15) is 4.55 Å². The second kappa shape index (κ2) is 4.20. The smallest absolute Gasteiger partial charge is 0.161 e. The van der Waals surface area contributed by atoms with Gasteiger partial charge in [-0.05, 0) is 52.2 Å². The predicted octanol–water partition coefficient (Wildman–Crippen LogP) is 3.16. The Morgan fingerprint density at radius 3 is 2.80 bits per heavy atom. The molecule has 1 atom stereocenters. The van der Waals surface area contributed by atoms with Crippen LogP contribution in [0.5, 0.6) is 0 Å². The lowest BCUT2D eigenvalue weighted by Gasteiger charge is -2.06. The van der Waals surface area contributed by atoms with Crippen molar-refractivity contribution in [1.82, 2.24) is 4.57 Å². The van der Waals surface area contributed by atoms with E-state index in [0.717, 1.165) is 26.9 Å². The number of nitrogens with zero attached hydrogens (tertiary/aromatic N) is 1. The molecule has 0 aliphatic carbocycles. The van der Waals surface area contributed by atoms with Crippen molar-refractivity contribution in [2.45, 2.75) is 18.4 Å². The lowest BCUT2D eigenvalue weighted by Crippen LogP contribution is -1.98. The quantitative estimate of drug-likeness (QED) is 0.779. The van der Waals surface area contributed by atoms with E-state index in [0.29, 0.717) is 0 Å². The van der Waals surface area contributed by atoms with Gasteiger partial charge in [0.15, 0.2) is 4.90 Å². The topological polar surface area (TPSA) is 28.0 Å². The van der Waals surface area contributed by atoms with E-state index in [2.05, 4.69) is 33.5 Å². The minimum absolute atomic E-state index is 0.903. The molecule has 0 fully saturated rings. The summed E-state index contributed by atoms with van der Waals surface area (Å²) in [4.78, 5) is 0.903. The van der Waals surface area contributed by atoms with Crippen molar-refractivity contribution in [2.75, 3.05) is 6.26 Å². The molecule has 1 unspecified atom stereocenters. The van der Waals surface area contributed by atoms with E-state index in [1.54, 1.807) is 6.26 Å². The molecule has 0 N–H and O–H groups in total. The minimum Gasteiger partial charge on any atom is -0.612 e. The first kappa shape index (κ1) is 11.0. The Bertz CT molecular complexity index is 493. The Morgan fingerprint density at radius 2 is 2.20 bits per heavy atom. The van der Waals surface area contributed by atoms with E-state index < -0.39 is 11.2 Å². The summed E-state index contributed by atoms with van der Waals surface area (Å²) in [5.41, 5.74) is 1.14. The standard InChI is InChI=1S/C11H12BrNOS/c1-3-13-9-5-4-6-10(15(2)14)8(9)7-11(13)12/h4-7H,3H2,1-2H3. The monoisotopic (exact) mass is 285 g/mol. The summed E-state index contributed by atoms with van der Waals surface area (Å²) in [6.45, 7) is 3.00. The highest BCUT2D eigenvalue weighted by Gasteiger charge is 2.14. The molecule has 1 aromatic heterocycles. The number of fused-ring (bicyclic) bond motifs is 1. The van der Waals surface area contributed by atoms with Gasteiger partial charge >= 0.3 is 0 Å². The number of aryl methyl sites for hydroxylation is 1. The normalized spacial score (nSPS) is 13.3. The molecule has 4 heteroatoms. The van der Waals surface area contributed by atoms with E-state index in [1.807, 2.05) is 18.2 Å². The molecule has 1 heterocycles. The van der Waals surface area contributed by atoms with Gasteiger partial charge in [-0.3, -0.25) is 0 Å². The third-order valence-electron chi connectivity index (χ3n) is 2.48. The summed E-state index contributed by atoms with van der Waals surface area (Å²) < 4.78 is 14.8. The summed E-state index contributed by atoms with van der Waals surface area (Å²) in [7, 11) is 0. The minimum atomic E-state index is -0.935. The Kier molecular flexibility index (Phi) is 3.09. The van der Waals surface area contributed by atoms with Crippen LogP contribution in [0, 0.1) is 0 Å². The fourth-order valence-electron chi connectivity index (χ4n) is 1.80. The Labute approximate surface area is 101 Å². The Hall–Kier alpha value is -0.450. The molecule has 0 spiro atoms. The van der Waals surface area contributed by atoms with Crippen molar-refractivity contribution in [3.63, 3.8) is 0 Å². The van der Waals surface area contributed by atoms with E-state index in [-0.39, 0.29) is 0 Å². The molecule has 2 nitrogen and oxygen atoms in total. The van der Waals surface area contributed by atoms with Crippen molar-refractivity contribution in [3.05, 3.63) is 28.9 Å². The number of hydrogen-bond acceptors (Lipinski definition) is 1. The molecule has 0 aliphatic heterocycles. The van der Waals surface area contributed by atoms with Gasteiger partial charge in [0.1, 0.15) is 6.26 Å². The molecule has 1 aromatic carbocycles. The number of rotatable bonds is 2. The Balaban J connectivity index is 2.77. The zero-order chi connectivity index (χ0) is 11.0. The van der Waals surface area contributed by atoms with Crippen LogP contribution in [0.2, 0.25) is 0 Å². The molecule has 0 saturated carbocycles. The second-order valence-electron chi connectivity index (χ2n) is 3.35. The van der Waals surface area contributed by atoms with Crippen LogP contribution in [0.3, 0.4) is 0 Å². The molecule has 2 aromatic rings. The summed E-state index contributed by atoms with van der Waals surface area (Å²) in [6, 6.07) is 7.97. The van der Waals surface area contributed by atoms with Crippen molar-refractivity contribution in [3.8, 4) is 0 Å². The maximum Gasteiger partial charge on any atom is 0.161 e. The van der Waals surface area contributed by atoms with Crippen LogP contribution in [0.1, 0.15) is 6.92 Å². The molecular weight excluding hydrogens is 274 g/mol. The lowest BCUT2D eigenvalue weighted by molar-refractivity contribution is 0.601. The van der Waals surface area contributed by atoms with Gasteiger partial charge in [-0.15, -0.1) is 0 Å². The van der Waals surface area contributed by atoms with Crippen LogP contribution in [0.15, 0.2) is 33.8 Å². The third-order valence-corrected chi connectivity index (χ3v) is 4.11. The highest BCUT2D eigenvalue weighted by molar-refractivity contribution is 9.10. The van der Waals surface area contributed by atoms with E-state index in [1.165, 1.54) is 0 Å². The highest BCUT2D eigenvalue weighted by atomic mass is 79.9. The second-order valence-corrected chi connectivity index (χ2v) is 5.51. The van der Waals surface area contributed by atoms with Gasteiger partial charge in [0.2, 0.25) is 0 Å². The Morgan fingerprint density at radius 1 is 1.47 bits per heavy atom. The zero-order valence-electron chi connectivity index (χ0n) is 8.66. The van der Waals surface area contributed by atoms with Crippen LogP contribution in [0.4, 0.5) is 0 Å². The molecule has 0 radical (unpaired) electrons. The fourth-order valence-corrected chi connectivity index (χ4v) is 3.21. The van der Waals surface area contributed by atoms with Crippen LogP contribution < -0.4 is 0 Å². The van der Waals surface area contributed by atoms with Gasteiger partial charge in [-0.1, -0.05) is 6.07 Å². The predicted molar refractivity (Wildman–Crippen MR) is 67.6 cm³/mol. The fraction of sp³-hybridized carbons (Fsp3) is 0.273. The average molecular weight is 286 g/mol.